The fourth-order valence-electron chi connectivity index (χ4n) is 3.75. The summed E-state index contributed by atoms with van der Waals surface area (Å²) in [6.45, 7) is 7.28. The second kappa shape index (κ2) is 22.6. The first kappa shape index (κ1) is 34.8. The summed E-state index contributed by atoms with van der Waals surface area (Å²) in [7, 11) is 0. The molecule has 1 fully saturated rings. The van der Waals surface area contributed by atoms with Gasteiger partial charge in [-0.25, -0.2) is 0 Å². The average molecular weight is 573 g/mol. The zero-order valence-electron chi connectivity index (χ0n) is 23.7. The maximum atomic E-state index is 12.6. The van der Waals surface area contributed by atoms with Gasteiger partial charge in [-0.3, -0.25) is 28.9 Å². The van der Waals surface area contributed by atoms with Crippen molar-refractivity contribution in [2.45, 2.75) is 83.3 Å². The Morgan fingerprint density at radius 2 is 1.33 bits per heavy atom. The molecule has 11 nitrogen and oxygen atoms in total. The van der Waals surface area contributed by atoms with Gasteiger partial charge in [0, 0.05) is 57.6 Å². The third-order valence-electron chi connectivity index (χ3n) is 6.03. The topological polar surface area (TPSA) is 143 Å². The van der Waals surface area contributed by atoms with Gasteiger partial charge in [0.2, 0.25) is 29.5 Å². The Balaban J connectivity index is 2.04. The monoisotopic (exact) mass is 572 g/mol. The van der Waals surface area contributed by atoms with E-state index < -0.39 is 5.25 Å². The Hall–Kier alpha value is -2.18. The molecule has 0 spiro atoms. The van der Waals surface area contributed by atoms with Crippen molar-refractivity contribution >= 4 is 41.3 Å². The van der Waals surface area contributed by atoms with Crippen LogP contribution in [-0.2, 0) is 33.4 Å². The molecule has 0 aromatic heterocycles. The standard InChI is InChI=1S/C27H48N4O7S/c1-3-5-7-12-28-24(33)10-16-37-18-19-38-17-14-30-23(32)9-15-31-26(35)21-22(27(31)36)39-20-11-25(34)29-13-8-6-4-2/h22H,3-21H2,1-2H3,(H,28,33)(H,29,34)(H,30,32). The molecular formula is C27H48N4O7S. The Kier molecular flexibility index (Phi) is 20.2. The molecule has 1 heterocycles. The number of imide groups is 1. The third kappa shape index (κ3) is 17.2. The Morgan fingerprint density at radius 1 is 0.769 bits per heavy atom. The van der Waals surface area contributed by atoms with Crippen LogP contribution in [0.4, 0.5) is 0 Å². The van der Waals surface area contributed by atoms with Crippen LogP contribution in [0.3, 0.4) is 0 Å². The molecule has 0 aliphatic carbocycles. The lowest BCUT2D eigenvalue weighted by Crippen LogP contribution is -2.36. The highest BCUT2D eigenvalue weighted by Gasteiger charge is 2.38. The molecule has 1 aliphatic rings. The summed E-state index contributed by atoms with van der Waals surface area (Å²) in [5.41, 5.74) is 0. The summed E-state index contributed by atoms with van der Waals surface area (Å²) in [4.78, 5) is 61.5. The van der Waals surface area contributed by atoms with Gasteiger partial charge >= 0.3 is 0 Å². The Labute approximate surface area is 237 Å². The molecule has 3 N–H and O–H groups in total. The van der Waals surface area contributed by atoms with Gasteiger partial charge in [-0.15, -0.1) is 11.8 Å². The molecule has 0 bridgehead atoms. The lowest BCUT2D eigenvalue weighted by molar-refractivity contribution is -0.138. The lowest BCUT2D eigenvalue weighted by atomic mass is 10.2. The summed E-state index contributed by atoms with van der Waals surface area (Å²) in [6, 6.07) is 0. The van der Waals surface area contributed by atoms with E-state index in [0.717, 1.165) is 43.4 Å². The molecule has 0 aromatic rings. The molecule has 1 aliphatic heterocycles. The van der Waals surface area contributed by atoms with Gasteiger partial charge in [0.1, 0.15) is 0 Å². The number of hydrogen-bond acceptors (Lipinski definition) is 8. The quantitative estimate of drug-likeness (QED) is 0.117. The lowest BCUT2D eigenvalue weighted by Gasteiger charge is -2.15. The van der Waals surface area contributed by atoms with E-state index in [0.29, 0.717) is 64.7 Å². The zero-order chi connectivity index (χ0) is 28.7. The van der Waals surface area contributed by atoms with Crippen LogP contribution in [0.5, 0.6) is 0 Å². The smallest absolute Gasteiger partial charge is 0.242 e. The van der Waals surface area contributed by atoms with Crippen LogP contribution >= 0.6 is 11.8 Å². The van der Waals surface area contributed by atoms with Gasteiger partial charge in [0.15, 0.2) is 0 Å². The number of amides is 5. The van der Waals surface area contributed by atoms with Gasteiger partial charge in [0.05, 0.1) is 31.7 Å². The van der Waals surface area contributed by atoms with Crippen LogP contribution in [0.2, 0.25) is 0 Å². The number of hydrogen-bond donors (Lipinski definition) is 3. The first-order chi connectivity index (χ1) is 18.9. The van der Waals surface area contributed by atoms with Crippen molar-refractivity contribution in [2.75, 3.05) is 58.4 Å². The number of nitrogens with one attached hydrogen (secondary N) is 3. The molecule has 39 heavy (non-hydrogen) atoms. The van der Waals surface area contributed by atoms with Crippen LogP contribution < -0.4 is 16.0 Å². The number of unbranched alkanes of at least 4 members (excludes halogenated alkanes) is 4. The van der Waals surface area contributed by atoms with E-state index in [2.05, 4.69) is 29.8 Å². The van der Waals surface area contributed by atoms with Crippen LogP contribution in [0, 0.1) is 0 Å². The van der Waals surface area contributed by atoms with E-state index in [4.69, 9.17) is 9.47 Å². The number of ether oxygens (including phenoxy) is 2. The summed E-state index contributed by atoms with van der Waals surface area (Å²) in [6.07, 6.45) is 7.09. The second-order valence-electron chi connectivity index (χ2n) is 9.39. The normalized spacial score (nSPS) is 15.0. The molecule has 5 amide bonds. The van der Waals surface area contributed by atoms with Gasteiger partial charge < -0.3 is 25.4 Å². The Bertz CT molecular complexity index is 754. The van der Waals surface area contributed by atoms with Crippen LogP contribution in [0.25, 0.3) is 0 Å². The zero-order valence-corrected chi connectivity index (χ0v) is 24.5. The van der Waals surface area contributed by atoms with E-state index in [1.54, 1.807) is 0 Å². The first-order valence-corrected chi connectivity index (χ1v) is 15.3. The first-order valence-electron chi connectivity index (χ1n) is 14.3. The van der Waals surface area contributed by atoms with Crippen molar-refractivity contribution < 1.29 is 33.4 Å². The predicted molar refractivity (Wildman–Crippen MR) is 151 cm³/mol. The van der Waals surface area contributed by atoms with Crippen molar-refractivity contribution in [1.82, 2.24) is 20.9 Å². The molecule has 12 heteroatoms. The maximum absolute atomic E-state index is 12.6. The molecule has 1 rings (SSSR count). The summed E-state index contributed by atoms with van der Waals surface area (Å²) >= 11 is 1.32. The molecular weight excluding hydrogens is 524 g/mol. The van der Waals surface area contributed by atoms with Crippen LogP contribution in [0.15, 0.2) is 0 Å². The molecule has 0 aromatic carbocycles. The molecule has 1 saturated heterocycles. The van der Waals surface area contributed by atoms with E-state index in [1.165, 1.54) is 11.8 Å². The number of nitrogens with zero attached hydrogens (tertiary/aromatic N) is 1. The molecule has 0 saturated carbocycles. The summed E-state index contributed by atoms with van der Waals surface area (Å²) in [5, 5.41) is 7.93. The number of carbonyl (C=O) groups is 5. The Morgan fingerprint density at radius 3 is 1.97 bits per heavy atom. The van der Waals surface area contributed by atoms with Crippen molar-refractivity contribution in [3.63, 3.8) is 0 Å². The van der Waals surface area contributed by atoms with Gasteiger partial charge in [-0.2, -0.15) is 0 Å². The van der Waals surface area contributed by atoms with Crippen LogP contribution in [-0.4, -0.2) is 98.0 Å². The minimum Gasteiger partial charge on any atom is -0.379 e. The van der Waals surface area contributed by atoms with E-state index in [-0.39, 0.29) is 48.9 Å². The van der Waals surface area contributed by atoms with E-state index >= 15 is 0 Å². The number of rotatable bonds is 24. The van der Waals surface area contributed by atoms with Gasteiger partial charge in [-0.1, -0.05) is 39.5 Å². The summed E-state index contributed by atoms with van der Waals surface area (Å²) in [5.74, 6) is -0.435. The minimum absolute atomic E-state index is 0.0149. The SMILES string of the molecule is CCCCCNC(=O)CCOCCOCCNC(=O)CCN1C(=O)CC(SCCC(=O)NCCCCC)C1=O. The molecule has 0 radical (unpaired) electrons. The second-order valence-corrected chi connectivity index (χ2v) is 10.7. The molecule has 224 valence electrons. The highest BCUT2D eigenvalue weighted by atomic mass is 32.2. The highest BCUT2D eigenvalue weighted by molar-refractivity contribution is 8.00. The van der Waals surface area contributed by atoms with E-state index in [9.17, 15) is 24.0 Å². The maximum Gasteiger partial charge on any atom is 0.242 e. The minimum atomic E-state index is -0.496. The van der Waals surface area contributed by atoms with Crippen LogP contribution in [0.1, 0.15) is 78.1 Å². The average Bonchev–Trinajstić information content (AvgIpc) is 3.18. The third-order valence-corrected chi connectivity index (χ3v) is 7.24. The number of carbonyl (C=O) groups excluding carboxylic acids is 5. The number of likely N-dealkylation sites (tertiary alicyclic amines) is 1. The van der Waals surface area contributed by atoms with Crippen molar-refractivity contribution in [1.29, 1.82) is 0 Å². The van der Waals surface area contributed by atoms with Crippen molar-refractivity contribution in [3.8, 4) is 0 Å². The van der Waals surface area contributed by atoms with Gasteiger partial charge in [-0.05, 0) is 12.8 Å². The number of thioether (sulfide) groups is 1. The fraction of sp³-hybridized carbons (Fsp3) is 0.815. The van der Waals surface area contributed by atoms with Gasteiger partial charge in [0.25, 0.3) is 0 Å². The largest absolute Gasteiger partial charge is 0.379 e. The summed E-state index contributed by atoms with van der Waals surface area (Å²) < 4.78 is 10.8. The molecule has 1 unspecified atom stereocenters. The van der Waals surface area contributed by atoms with Crippen molar-refractivity contribution in [2.24, 2.45) is 0 Å². The predicted octanol–water partition coefficient (Wildman–Crippen LogP) is 1.78. The fourth-order valence-corrected chi connectivity index (χ4v) is 4.86. The van der Waals surface area contributed by atoms with Crippen molar-refractivity contribution in [3.05, 3.63) is 0 Å². The van der Waals surface area contributed by atoms with E-state index in [1.807, 2.05) is 0 Å². The highest BCUT2D eigenvalue weighted by Crippen LogP contribution is 2.25. The molecule has 1 atom stereocenters.